The standard InChI is InChI=1S/C20H18N4O5S/c21-23-22-11-4-2-1-3-6-14-9-10-17-18-15(14)7-5-8-16(18)19(25)24(20(17)26)12-13-30(27,28)29/h5,7-10H,1-2,4,11-13H2,(H,27,28,29). The molecule has 0 aromatic heterocycles. The van der Waals surface area contributed by atoms with Crippen molar-refractivity contribution >= 4 is 32.7 Å². The number of rotatable bonds is 7. The summed E-state index contributed by atoms with van der Waals surface area (Å²) in [5.74, 6) is 4.18. The van der Waals surface area contributed by atoms with E-state index in [-0.39, 0.29) is 11.1 Å². The maximum absolute atomic E-state index is 12.8. The first-order valence-electron chi connectivity index (χ1n) is 9.20. The minimum Gasteiger partial charge on any atom is -0.285 e. The molecular formula is C20H18N4O5S. The van der Waals surface area contributed by atoms with E-state index >= 15 is 0 Å². The van der Waals surface area contributed by atoms with Crippen molar-refractivity contribution in [3.63, 3.8) is 0 Å². The lowest BCUT2D eigenvalue weighted by molar-refractivity contribution is 0.0620. The topological polar surface area (TPSA) is 141 Å². The van der Waals surface area contributed by atoms with Gasteiger partial charge in [-0.1, -0.05) is 29.1 Å². The van der Waals surface area contributed by atoms with Crippen LogP contribution in [-0.2, 0) is 10.1 Å². The van der Waals surface area contributed by atoms with Gasteiger partial charge in [-0.05, 0) is 42.0 Å². The molecular weight excluding hydrogens is 408 g/mol. The van der Waals surface area contributed by atoms with Crippen molar-refractivity contribution in [2.24, 2.45) is 5.11 Å². The highest BCUT2D eigenvalue weighted by Crippen LogP contribution is 2.32. The fourth-order valence-electron chi connectivity index (χ4n) is 3.26. The van der Waals surface area contributed by atoms with Crippen LogP contribution in [0.25, 0.3) is 21.2 Å². The van der Waals surface area contributed by atoms with Gasteiger partial charge in [0.1, 0.15) is 0 Å². The first kappa shape index (κ1) is 21.3. The van der Waals surface area contributed by atoms with Crippen molar-refractivity contribution in [2.45, 2.75) is 19.3 Å². The molecule has 3 rings (SSSR count). The van der Waals surface area contributed by atoms with Crippen LogP contribution in [0.3, 0.4) is 0 Å². The smallest absolute Gasteiger partial charge is 0.266 e. The second-order valence-electron chi connectivity index (χ2n) is 6.65. The molecule has 0 spiro atoms. The highest BCUT2D eigenvalue weighted by Gasteiger charge is 2.33. The van der Waals surface area contributed by atoms with Crippen molar-refractivity contribution in [3.05, 3.63) is 57.5 Å². The van der Waals surface area contributed by atoms with Crippen LogP contribution < -0.4 is 0 Å². The minimum absolute atomic E-state index is 0.287. The molecule has 2 aromatic rings. The number of nitrogens with zero attached hydrogens (tertiary/aromatic N) is 4. The SMILES string of the molecule is [N-]=[N+]=NCCCCC#Cc1ccc2c3c(cccc13)C(=O)N(CCS(=O)(=O)O)C2=O. The van der Waals surface area contributed by atoms with E-state index in [1.165, 1.54) is 0 Å². The van der Waals surface area contributed by atoms with E-state index in [1.54, 1.807) is 30.3 Å². The van der Waals surface area contributed by atoms with Crippen LogP contribution in [0.1, 0.15) is 45.5 Å². The molecule has 0 aliphatic carbocycles. The van der Waals surface area contributed by atoms with Gasteiger partial charge in [-0.3, -0.25) is 19.0 Å². The Morgan fingerprint density at radius 1 is 1.10 bits per heavy atom. The number of carbonyl (C=O) groups excluding carboxylic acids is 2. The third kappa shape index (κ3) is 4.60. The molecule has 0 atom stereocenters. The van der Waals surface area contributed by atoms with Crippen LogP contribution in [0.5, 0.6) is 0 Å². The second kappa shape index (κ2) is 8.97. The van der Waals surface area contributed by atoms with Crippen LogP contribution in [0.2, 0.25) is 0 Å². The van der Waals surface area contributed by atoms with Gasteiger partial charge in [-0.15, -0.1) is 0 Å². The Kier molecular flexibility index (Phi) is 6.37. The largest absolute Gasteiger partial charge is 0.285 e. The summed E-state index contributed by atoms with van der Waals surface area (Å²) in [7, 11) is -4.31. The fourth-order valence-corrected chi connectivity index (χ4v) is 3.68. The highest BCUT2D eigenvalue weighted by molar-refractivity contribution is 7.85. The number of azide groups is 1. The monoisotopic (exact) mass is 426 g/mol. The predicted molar refractivity (Wildman–Crippen MR) is 110 cm³/mol. The molecule has 0 radical (unpaired) electrons. The molecule has 1 aliphatic heterocycles. The normalized spacial score (nSPS) is 13.0. The zero-order valence-corrected chi connectivity index (χ0v) is 16.7. The Balaban J connectivity index is 1.90. The summed E-state index contributed by atoms with van der Waals surface area (Å²) >= 11 is 0. The molecule has 1 N–H and O–H groups in total. The number of hydrogen-bond acceptors (Lipinski definition) is 5. The average molecular weight is 426 g/mol. The average Bonchev–Trinajstić information content (AvgIpc) is 2.70. The summed E-state index contributed by atoms with van der Waals surface area (Å²) in [6.45, 7) is 0.00119. The molecule has 2 aromatic carbocycles. The van der Waals surface area contributed by atoms with Gasteiger partial charge in [0.15, 0.2) is 0 Å². The van der Waals surface area contributed by atoms with Gasteiger partial charge in [0.2, 0.25) is 0 Å². The summed E-state index contributed by atoms with van der Waals surface area (Å²) < 4.78 is 31.0. The number of benzene rings is 2. The summed E-state index contributed by atoms with van der Waals surface area (Å²) in [5.41, 5.74) is 9.50. The molecule has 0 bridgehead atoms. The van der Waals surface area contributed by atoms with E-state index in [9.17, 15) is 18.0 Å². The molecule has 1 aliphatic rings. The summed E-state index contributed by atoms with van der Waals surface area (Å²) in [6.07, 6.45) is 2.14. The van der Waals surface area contributed by atoms with Gasteiger partial charge in [-0.2, -0.15) is 8.42 Å². The maximum atomic E-state index is 12.8. The van der Waals surface area contributed by atoms with Crippen LogP contribution in [0, 0.1) is 11.8 Å². The molecule has 0 saturated carbocycles. The van der Waals surface area contributed by atoms with E-state index in [1.807, 2.05) is 0 Å². The maximum Gasteiger partial charge on any atom is 0.266 e. The number of hydrogen-bond donors (Lipinski definition) is 1. The minimum atomic E-state index is -4.31. The van der Waals surface area contributed by atoms with Crippen molar-refractivity contribution in [2.75, 3.05) is 18.8 Å². The molecule has 9 nitrogen and oxygen atoms in total. The van der Waals surface area contributed by atoms with E-state index in [0.29, 0.717) is 29.3 Å². The second-order valence-corrected chi connectivity index (χ2v) is 8.22. The van der Waals surface area contributed by atoms with Crippen LogP contribution >= 0.6 is 0 Å². The van der Waals surface area contributed by atoms with Gasteiger partial charge >= 0.3 is 0 Å². The van der Waals surface area contributed by atoms with Crippen LogP contribution in [0.4, 0.5) is 0 Å². The first-order valence-corrected chi connectivity index (χ1v) is 10.8. The van der Waals surface area contributed by atoms with Gasteiger partial charge in [0.05, 0.1) is 5.75 Å². The lowest BCUT2D eigenvalue weighted by Crippen LogP contribution is -2.42. The number of unbranched alkanes of at least 4 members (excludes halogenated alkanes) is 2. The van der Waals surface area contributed by atoms with Crippen molar-refractivity contribution in [1.29, 1.82) is 0 Å². The quantitative estimate of drug-likeness (QED) is 0.138. The Hall–Kier alpha value is -3.38. The van der Waals surface area contributed by atoms with E-state index in [0.717, 1.165) is 17.7 Å². The molecule has 0 saturated heterocycles. The van der Waals surface area contributed by atoms with Crippen LogP contribution in [-0.4, -0.2) is 48.5 Å². The van der Waals surface area contributed by atoms with E-state index in [4.69, 9.17) is 10.1 Å². The van der Waals surface area contributed by atoms with Crippen molar-refractivity contribution in [3.8, 4) is 11.8 Å². The van der Waals surface area contributed by atoms with Gasteiger partial charge in [-0.25, -0.2) is 0 Å². The van der Waals surface area contributed by atoms with Gasteiger partial charge < -0.3 is 0 Å². The van der Waals surface area contributed by atoms with Gasteiger partial charge in [0.25, 0.3) is 21.9 Å². The summed E-state index contributed by atoms with van der Waals surface area (Å²) in [5, 5.41) is 4.63. The first-order chi connectivity index (χ1) is 14.3. The molecule has 30 heavy (non-hydrogen) atoms. The summed E-state index contributed by atoms with van der Waals surface area (Å²) in [6, 6.07) is 8.31. The van der Waals surface area contributed by atoms with Crippen molar-refractivity contribution in [1.82, 2.24) is 4.90 Å². The Bertz CT molecular complexity index is 1210. The molecule has 10 heteroatoms. The molecule has 1 heterocycles. The van der Waals surface area contributed by atoms with E-state index < -0.39 is 34.2 Å². The number of amides is 2. The van der Waals surface area contributed by atoms with Crippen LogP contribution in [0.15, 0.2) is 35.4 Å². The fraction of sp³-hybridized carbons (Fsp3) is 0.300. The third-order valence-electron chi connectivity index (χ3n) is 4.66. The predicted octanol–water partition coefficient (Wildman–Crippen LogP) is 3.16. The van der Waals surface area contributed by atoms with Crippen molar-refractivity contribution < 1.29 is 22.6 Å². The lowest BCUT2D eigenvalue weighted by atomic mass is 9.91. The summed E-state index contributed by atoms with van der Waals surface area (Å²) in [4.78, 5) is 29.1. The molecule has 154 valence electrons. The molecule has 0 unspecified atom stereocenters. The Labute approximate surface area is 173 Å². The lowest BCUT2D eigenvalue weighted by Gasteiger charge is -2.27. The zero-order chi connectivity index (χ0) is 21.7. The van der Waals surface area contributed by atoms with Gasteiger partial charge in [0, 0.05) is 46.5 Å². The third-order valence-corrected chi connectivity index (χ3v) is 5.36. The molecule has 0 fully saturated rings. The highest BCUT2D eigenvalue weighted by atomic mass is 32.2. The molecule has 2 amide bonds. The van der Waals surface area contributed by atoms with E-state index in [2.05, 4.69) is 21.9 Å². The Morgan fingerprint density at radius 2 is 1.83 bits per heavy atom. The Morgan fingerprint density at radius 3 is 2.53 bits per heavy atom. The number of carbonyl (C=O) groups is 2. The number of imide groups is 1. The zero-order valence-electron chi connectivity index (χ0n) is 15.9.